The number of rotatable bonds is 4. The molecule has 0 spiro atoms. The van der Waals surface area contributed by atoms with Crippen LogP contribution >= 0.6 is 0 Å². The van der Waals surface area contributed by atoms with Crippen LogP contribution in [0.1, 0.15) is 24.5 Å². The minimum atomic E-state index is -0.453. The van der Waals surface area contributed by atoms with Gasteiger partial charge in [0.2, 0.25) is 5.78 Å². The molecule has 0 amide bonds. The molecule has 1 heterocycles. The van der Waals surface area contributed by atoms with Crippen molar-refractivity contribution in [1.29, 1.82) is 0 Å². The number of ketones is 1. The normalized spacial score (nSPS) is 10.8. The Balaban J connectivity index is 2.43. The van der Waals surface area contributed by atoms with Crippen LogP contribution in [-0.2, 0) is 0 Å². The highest BCUT2D eigenvalue weighted by molar-refractivity contribution is 5.93. The largest absolute Gasteiger partial charge is 0.496 e. The molecule has 2 rings (SSSR count). The van der Waals surface area contributed by atoms with Crippen molar-refractivity contribution in [2.75, 3.05) is 7.11 Å². The Bertz CT molecular complexity index is 608. The van der Waals surface area contributed by atoms with Gasteiger partial charge in [-0.25, -0.2) is 4.39 Å². The van der Waals surface area contributed by atoms with Crippen molar-refractivity contribution in [1.82, 2.24) is 10.2 Å². The van der Waals surface area contributed by atoms with Gasteiger partial charge in [-0.15, -0.1) is 10.2 Å². The van der Waals surface area contributed by atoms with Gasteiger partial charge in [0.15, 0.2) is 0 Å². The van der Waals surface area contributed by atoms with Crippen LogP contribution in [0.15, 0.2) is 22.6 Å². The molecule has 0 aliphatic heterocycles. The zero-order valence-corrected chi connectivity index (χ0v) is 10.8. The van der Waals surface area contributed by atoms with Crippen LogP contribution in [0.25, 0.3) is 11.5 Å². The summed E-state index contributed by atoms with van der Waals surface area (Å²) in [6.45, 7) is 3.46. The van der Waals surface area contributed by atoms with Gasteiger partial charge in [0.25, 0.3) is 11.8 Å². The minimum Gasteiger partial charge on any atom is -0.496 e. The molecule has 100 valence electrons. The first-order chi connectivity index (χ1) is 9.02. The van der Waals surface area contributed by atoms with Crippen molar-refractivity contribution in [2.24, 2.45) is 5.92 Å². The summed E-state index contributed by atoms with van der Waals surface area (Å²) >= 11 is 0. The van der Waals surface area contributed by atoms with Crippen LogP contribution in [0, 0.1) is 11.7 Å². The number of aromatic nitrogens is 2. The first-order valence-electron chi connectivity index (χ1n) is 5.74. The highest BCUT2D eigenvalue weighted by Crippen LogP contribution is 2.29. The summed E-state index contributed by atoms with van der Waals surface area (Å²) in [6, 6.07) is 3.94. The third-order valence-corrected chi connectivity index (χ3v) is 2.55. The second-order valence-electron chi connectivity index (χ2n) is 4.28. The summed E-state index contributed by atoms with van der Waals surface area (Å²) in [5.74, 6) is -0.590. The van der Waals surface area contributed by atoms with Gasteiger partial charge >= 0.3 is 0 Å². The van der Waals surface area contributed by atoms with Crippen LogP contribution < -0.4 is 4.74 Å². The van der Waals surface area contributed by atoms with E-state index in [4.69, 9.17) is 9.15 Å². The van der Waals surface area contributed by atoms with E-state index in [1.165, 1.54) is 25.3 Å². The zero-order valence-electron chi connectivity index (χ0n) is 10.8. The maximum Gasteiger partial charge on any atom is 0.284 e. The fourth-order valence-electron chi connectivity index (χ4n) is 1.53. The zero-order chi connectivity index (χ0) is 14.0. The Morgan fingerprint density at radius 1 is 1.37 bits per heavy atom. The van der Waals surface area contributed by atoms with Crippen molar-refractivity contribution in [2.45, 2.75) is 13.8 Å². The fourth-order valence-corrected chi connectivity index (χ4v) is 1.53. The Labute approximate surface area is 109 Å². The van der Waals surface area contributed by atoms with E-state index < -0.39 is 5.82 Å². The third-order valence-electron chi connectivity index (χ3n) is 2.55. The van der Waals surface area contributed by atoms with E-state index in [0.29, 0.717) is 11.3 Å². The standard InChI is InChI=1S/C13H13FN2O3/c1-7(2)11(17)13-16-15-12(19-13)9-6-8(14)4-5-10(9)18-3/h4-7H,1-3H3. The van der Waals surface area contributed by atoms with Crippen molar-refractivity contribution >= 4 is 5.78 Å². The van der Waals surface area contributed by atoms with Gasteiger partial charge in [0.1, 0.15) is 11.6 Å². The van der Waals surface area contributed by atoms with Crippen LogP contribution in [0.3, 0.4) is 0 Å². The summed E-state index contributed by atoms with van der Waals surface area (Å²) < 4.78 is 23.6. The number of hydrogen-bond donors (Lipinski definition) is 0. The van der Waals surface area contributed by atoms with Crippen LogP contribution in [0.4, 0.5) is 4.39 Å². The summed E-state index contributed by atoms with van der Waals surface area (Å²) in [4.78, 5) is 11.7. The molecule has 0 N–H and O–H groups in total. The molecule has 0 radical (unpaired) electrons. The molecule has 1 aromatic heterocycles. The summed E-state index contributed by atoms with van der Waals surface area (Å²) in [5, 5.41) is 7.43. The molecule has 0 fully saturated rings. The molecule has 0 unspecified atom stereocenters. The molecule has 19 heavy (non-hydrogen) atoms. The van der Waals surface area contributed by atoms with E-state index in [2.05, 4.69) is 10.2 Å². The number of ether oxygens (including phenoxy) is 1. The first-order valence-corrected chi connectivity index (χ1v) is 5.74. The highest BCUT2D eigenvalue weighted by Gasteiger charge is 2.20. The fraction of sp³-hybridized carbons (Fsp3) is 0.308. The second kappa shape index (κ2) is 5.17. The lowest BCUT2D eigenvalue weighted by molar-refractivity contribution is 0.0905. The van der Waals surface area contributed by atoms with Gasteiger partial charge in [0.05, 0.1) is 12.7 Å². The van der Waals surface area contributed by atoms with Crippen molar-refractivity contribution in [3.05, 3.63) is 29.9 Å². The average molecular weight is 264 g/mol. The topological polar surface area (TPSA) is 65.2 Å². The molecular weight excluding hydrogens is 251 g/mol. The quantitative estimate of drug-likeness (QED) is 0.794. The maximum absolute atomic E-state index is 13.3. The van der Waals surface area contributed by atoms with E-state index in [1.807, 2.05) is 0 Å². The Morgan fingerprint density at radius 3 is 2.74 bits per heavy atom. The third kappa shape index (κ3) is 2.62. The lowest BCUT2D eigenvalue weighted by Gasteiger charge is -2.04. The van der Waals surface area contributed by atoms with E-state index in [1.54, 1.807) is 13.8 Å². The van der Waals surface area contributed by atoms with E-state index in [9.17, 15) is 9.18 Å². The molecule has 1 aromatic carbocycles. The smallest absolute Gasteiger partial charge is 0.284 e. The average Bonchev–Trinajstić information content (AvgIpc) is 2.87. The predicted octanol–water partition coefficient (Wildman–Crippen LogP) is 2.72. The monoisotopic (exact) mass is 264 g/mol. The molecule has 5 nitrogen and oxygen atoms in total. The maximum atomic E-state index is 13.3. The van der Waals surface area contributed by atoms with Crippen LogP contribution in [0.2, 0.25) is 0 Å². The lowest BCUT2D eigenvalue weighted by Crippen LogP contribution is -2.07. The van der Waals surface area contributed by atoms with Gasteiger partial charge in [0, 0.05) is 5.92 Å². The summed E-state index contributed by atoms with van der Waals surface area (Å²) in [7, 11) is 1.45. The SMILES string of the molecule is COc1ccc(F)cc1-c1nnc(C(=O)C(C)C)o1. The second-order valence-corrected chi connectivity index (χ2v) is 4.28. The van der Waals surface area contributed by atoms with Gasteiger partial charge in [-0.1, -0.05) is 13.8 Å². The lowest BCUT2D eigenvalue weighted by atomic mass is 10.1. The summed E-state index contributed by atoms with van der Waals surface area (Å²) in [5.41, 5.74) is 0.317. The van der Waals surface area contributed by atoms with Crippen molar-refractivity contribution < 1.29 is 18.3 Å². The van der Waals surface area contributed by atoms with Gasteiger partial charge in [-0.2, -0.15) is 0 Å². The van der Waals surface area contributed by atoms with E-state index >= 15 is 0 Å². The molecule has 6 heteroatoms. The Hall–Kier alpha value is -2.24. The summed E-state index contributed by atoms with van der Waals surface area (Å²) in [6.07, 6.45) is 0. The molecule has 0 bridgehead atoms. The number of nitrogens with zero attached hydrogens (tertiary/aromatic N) is 2. The molecule has 0 aliphatic rings. The van der Waals surface area contributed by atoms with Crippen molar-refractivity contribution in [3.8, 4) is 17.2 Å². The van der Waals surface area contributed by atoms with Crippen molar-refractivity contribution in [3.63, 3.8) is 0 Å². The van der Waals surface area contributed by atoms with Gasteiger partial charge < -0.3 is 9.15 Å². The number of methoxy groups -OCH3 is 1. The molecule has 0 saturated carbocycles. The molecular formula is C13H13FN2O3. The van der Waals surface area contributed by atoms with E-state index in [-0.39, 0.29) is 23.5 Å². The molecule has 0 aliphatic carbocycles. The minimum absolute atomic E-state index is 0.0559. The number of carbonyl (C=O) groups excluding carboxylic acids is 1. The molecule has 0 atom stereocenters. The molecule has 0 saturated heterocycles. The molecule has 2 aromatic rings. The van der Waals surface area contributed by atoms with Crippen LogP contribution in [0.5, 0.6) is 5.75 Å². The van der Waals surface area contributed by atoms with Crippen LogP contribution in [-0.4, -0.2) is 23.1 Å². The Kier molecular flexibility index (Phi) is 3.59. The Morgan fingerprint density at radius 2 is 2.11 bits per heavy atom. The number of halogens is 1. The van der Waals surface area contributed by atoms with Gasteiger partial charge in [-0.3, -0.25) is 4.79 Å². The highest BCUT2D eigenvalue weighted by atomic mass is 19.1. The number of benzene rings is 1. The predicted molar refractivity (Wildman–Crippen MR) is 65.4 cm³/mol. The number of carbonyl (C=O) groups is 1. The number of hydrogen-bond acceptors (Lipinski definition) is 5. The van der Waals surface area contributed by atoms with Gasteiger partial charge in [-0.05, 0) is 18.2 Å². The number of Topliss-reactive ketones (excluding diaryl/α,β-unsaturated/α-hetero) is 1. The van der Waals surface area contributed by atoms with E-state index in [0.717, 1.165) is 0 Å². The first kappa shape index (κ1) is 13.2.